The number of anilines is 2. The fraction of sp³-hybridized carbons (Fsp3) is 0.208. The van der Waals surface area contributed by atoms with Crippen LogP contribution in [0.2, 0.25) is 5.02 Å². The number of sulfonamides is 1. The van der Waals surface area contributed by atoms with Gasteiger partial charge in [0.05, 0.1) is 10.6 Å². The zero-order valence-corrected chi connectivity index (χ0v) is 19.2. The molecule has 31 heavy (non-hydrogen) atoms. The van der Waals surface area contributed by atoms with Gasteiger partial charge in [0.15, 0.2) is 0 Å². The molecule has 3 rings (SSSR count). The summed E-state index contributed by atoms with van der Waals surface area (Å²) in [5, 5.41) is 3.31. The predicted octanol–water partition coefficient (Wildman–Crippen LogP) is 5.61. The lowest BCUT2D eigenvalue weighted by atomic mass is 10.0. The van der Waals surface area contributed by atoms with Crippen molar-refractivity contribution in [2.45, 2.75) is 31.6 Å². The van der Waals surface area contributed by atoms with E-state index in [1.165, 1.54) is 24.3 Å². The monoisotopic (exact) mass is 456 g/mol. The third-order valence-corrected chi connectivity index (χ3v) is 6.88. The summed E-state index contributed by atoms with van der Waals surface area (Å²) in [7, 11) is -3.99. The fourth-order valence-corrected chi connectivity index (χ4v) is 4.81. The lowest BCUT2D eigenvalue weighted by Crippen LogP contribution is -2.38. The summed E-state index contributed by atoms with van der Waals surface area (Å²) in [4.78, 5) is 13.0. The SMILES string of the molecule is Cc1cccc(N(CC(=O)Nc2ccccc2C(C)C)S(=O)(=O)c2ccc(Cl)cc2)c1. The number of para-hydroxylation sites is 1. The van der Waals surface area contributed by atoms with Crippen LogP contribution >= 0.6 is 11.6 Å². The molecule has 5 nitrogen and oxygen atoms in total. The second kappa shape index (κ2) is 9.54. The molecule has 0 bridgehead atoms. The molecular weight excluding hydrogens is 432 g/mol. The molecule has 0 aliphatic carbocycles. The minimum Gasteiger partial charge on any atom is -0.324 e. The number of nitrogens with zero attached hydrogens (tertiary/aromatic N) is 1. The van der Waals surface area contributed by atoms with E-state index in [9.17, 15) is 13.2 Å². The molecule has 0 aliphatic heterocycles. The van der Waals surface area contributed by atoms with Crippen LogP contribution in [0.5, 0.6) is 0 Å². The summed E-state index contributed by atoms with van der Waals surface area (Å²) in [6.45, 7) is 5.58. The Morgan fingerprint density at radius 2 is 1.68 bits per heavy atom. The molecular formula is C24H25ClN2O3S. The smallest absolute Gasteiger partial charge is 0.264 e. The third-order valence-electron chi connectivity index (χ3n) is 4.84. The number of halogens is 1. The van der Waals surface area contributed by atoms with Gasteiger partial charge in [-0.2, -0.15) is 0 Å². The standard InChI is InChI=1S/C24H25ClN2O3S/c1-17(2)22-9-4-5-10-23(22)26-24(28)16-27(20-8-6-7-18(3)15-20)31(29,30)21-13-11-19(25)12-14-21/h4-15,17H,16H2,1-3H3,(H,26,28). The van der Waals surface area contributed by atoms with Crippen molar-refractivity contribution >= 4 is 38.9 Å². The van der Waals surface area contributed by atoms with Crippen molar-refractivity contribution in [2.75, 3.05) is 16.2 Å². The highest BCUT2D eigenvalue weighted by Gasteiger charge is 2.27. The Morgan fingerprint density at radius 1 is 1.00 bits per heavy atom. The summed E-state index contributed by atoms with van der Waals surface area (Å²) >= 11 is 5.92. The molecule has 0 aromatic heterocycles. The molecule has 3 aromatic rings. The second-order valence-electron chi connectivity index (χ2n) is 7.59. The molecule has 162 valence electrons. The number of benzene rings is 3. The average Bonchev–Trinajstić information content (AvgIpc) is 2.72. The molecule has 0 fully saturated rings. The summed E-state index contributed by atoms with van der Waals surface area (Å²) in [5.41, 5.74) is 2.97. The molecule has 0 saturated heterocycles. The third kappa shape index (κ3) is 5.46. The zero-order chi connectivity index (χ0) is 22.6. The van der Waals surface area contributed by atoms with Gasteiger partial charge >= 0.3 is 0 Å². The van der Waals surface area contributed by atoms with Gasteiger partial charge in [-0.1, -0.05) is 55.8 Å². The number of aryl methyl sites for hydroxylation is 1. The molecule has 1 amide bonds. The van der Waals surface area contributed by atoms with Gasteiger partial charge in [-0.25, -0.2) is 8.42 Å². The minimum atomic E-state index is -3.99. The molecule has 0 aliphatic rings. The molecule has 0 radical (unpaired) electrons. The Labute approximate surface area is 188 Å². The van der Waals surface area contributed by atoms with Crippen molar-refractivity contribution in [3.05, 3.63) is 88.9 Å². The largest absolute Gasteiger partial charge is 0.324 e. The molecule has 1 N–H and O–H groups in total. The van der Waals surface area contributed by atoms with E-state index in [0.29, 0.717) is 16.4 Å². The first kappa shape index (κ1) is 22.8. The Kier molecular flexibility index (Phi) is 7.03. The van der Waals surface area contributed by atoms with Crippen LogP contribution in [-0.2, 0) is 14.8 Å². The number of rotatable bonds is 7. The fourth-order valence-electron chi connectivity index (χ4n) is 3.27. The Morgan fingerprint density at radius 3 is 2.32 bits per heavy atom. The quantitative estimate of drug-likeness (QED) is 0.502. The van der Waals surface area contributed by atoms with Gasteiger partial charge < -0.3 is 5.32 Å². The van der Waals surface area contributed by atoms with Gasteiger partial charge in [-0.3, -0.25) is 9.10 Å². The van der Waals surface area contributed by atoms with E-state index >= 15 is 0 Å². The number of carbonyl (C=O) groups is 1. The van der Waals surface area contributed by atoms with Gasteiger partial charge in [-0.15, -0.1) is 0 Å². The van der Waals surface area contributed by atoms with Crippen molar-refractivity contribution in [3.8, 4) is 0 Å². The van der Waals surface area contributed by atoms with Gasteiger partial charge in [0, 0.05) is 10.7 Å². The highest BCUT2D eigenvalue weighted by atomic mass is 35.5. The molecule has 0 saturated carbocycles. The Bertz CT molecular complexity index is 1180. The van der Waals surface area contributed by atoms with Gasteiger partial charge in [0.1, 0.15) is 6.54 Å². The lowest BCUT2D eigenvalue weighted by molar-refractivity contribution is -0.114. The maximum absolute atomic E-state index is 13.4. The molecule has 0 atom stereocenters. The predicted molar refractivity (Wildman–Crippen MR) is 126 cm³/mol. The molecule has 0 heterocycles. The van der Waals surface area contributed by atoms with Crippen molar-refractivity contribution in [2.24, 2.45) is 0 Å². The highest BCUT2D eigenvalue weighted by molar-refractivity contribution is 7.92. The van der Waals surface area contributed by atoms with Crippen molar-refractivity contribution in [1.29, 1.82) is 0 Å². The van der Waals surface area contributed by atoms with Crippen LogP contribution in [0.15, 0.2) is 77.7 Å². The number of amides is 1. The maximum atomic E-state index is 13.4. The average molecular weight is 457 g/mol. The summed E-state index contributed by atoms with van der Waals surface area (Å²) in [6.07, 6.45) is 0. The summed E-state index contributed by atoms with van der Waals surface area (Å²) in [6, 6.07) is 20.5. The molecule has 0 unspecified atom stereocenters. The van der Waals surface area contributed by atoms with Crippen molar-refractivity contribution in [1.82, 2.24) is 0 Å². The van der Waals surface area contributed by atoms with E-state index in [-0.39, 0.29) is 17.4 Å². The first-order chi connectivity index (χ1) is 14.7. The van der Waals surface area contributed by atoms with Crippen LogP contribution in [0.4, 0.5) is 11.4 Å². The van der Waals surface area contributed by atoms with E-state index in [1.54, 1.807) is 18.2 Å². The first-order valence-corrected chi connectivity index (χ1v) is 11.7. The van der Waals surface area contributed by atoms with Crippen LogP contribution < -0.4 is 9.62 Å². The molecule has 0 spiro atoms. The molecule has 7 heteroatoms. The number of nitrogens with one attached hydrogen (secondary N) is 1. The van der Waals surface area contributed by atoms with Crippen LogP contribution in [0, 0.1) is 6.92 Å². The topological polar surface area (TPSA) is 66.5 Å². The maximum Gasteiger partial charge on any atom is 0.264 e. The van der Waals surface area contributed by atoms with Crippen molar-refractivity contribution < 1.29 is 13.2 Å². The lowest BCUT2D eigenvalue weighted by Gasteiger charge is -2.25. The first-order valence-electron chi connectivity index (χ1n) is 9.92. The number of hydrogen-bond acceptors (Lipinski definition) is 3. The molecule has 3 aromatic carbocycles. The Balaban J connectivity index is 1.96. The second-order valence-corrected chi connectivity index (χ2v) is 9.89. The van der Waals surface area contributed by atoms with Crippen LogP contribution in [0.3, 0.4) is 0 Å². The van der Waals surface area contributed by atoms with E-state index in [2.05, 4.69) is 5.32 Å². The normalized spacial score (nSPS) is 11.4. The zero-order valence-electron chi connectivity index (χ0n) is 17.7. The summed E-state index contributed by atoms with van der Waals surface area (Å²) in [5.74, 6) is -0.214. The van der Waals surface area contributed by atoms with Crippen LogP contribution in [0.25, 0.3) is 0 Å². The number of carbonyl (C=O) groups excluding carboxylic acids is 1. The summed E-state index contributed by atoms with van der Waals surface area (Å²) < 4.78 is 28.0. The van der Waals surface area contributed by atoms with E-state index in [1.807, 2.05) is 51.1 Å². The van der Waals surface area contributed by atoms with Gasteiger partial charge in [0.25, 0.3) is 10.0 Å². The van der Waals surface area contributed by atoms with E-state index in [4.69, 9.17) is 11.6 Å². The minimum absolute atomic E-state index is 0.0637. The van der Waals surface area contributed by atoms with E-state index in [0.717, 1.165) is 15.4 Å². The number of hydrogen-bond donors (Lipinski definition) is 1. The van der Waals surface area contributed by atoms with Crippen LogP contribution in [0.1, 0.15) is 30.9 Å². The Hall–Kier alpha value is -2.83. The van der Waals surface area contributed by atoms with Gasteiger partial charge in [0.2, 0.25) is 5.91 Å². The van der Waals surface area contributed by atoms with E-state index < -0.39 is 15.9 Å². The van der Waals surface area contributed by atoms with Crippen LogP contribution in [-0.4, -0.2) is 20.9 Å². The van der Waals surface area contributed by atoms with Crippen molar-refractivity contribution in [3.63, 3.8) is 0 Å². The highest BCUT2D eigenvalue weighted by Crippen LogP contribution is 2.27. The van der Waals surface area contributed by atoms with Gasteiger partial charge in [-0.05, 0) is 66.4 Å².